The van der Waals surface area contributed by atoms with E-state index in [0.717, 1.165) is 5.56 Å². The van der Waals surface area contributed by atoms with Gasteiger partial charge in [-0.15, -0.1) is 0 Å². The van der Waals surface area contributed by atoms with Gasteiger partial charge in [0.2, 0.25) is 0 Å². The van der Waals surface area contributed by atoms with Crippen molar-refractivity contribution in [2.45, 2.75) is 26.2 Å². The van der Waals surface area contributed by atoms with E-state index < -0.39 is 0 Å². The molecule has 0 aliphatic heterocycles. The van der Waals surface area contributed by atoms with Crippen molar-refractivity contribution in [2.24, 2.45) is 0 Å². The smallest absolute Gasteiger partial charge is 0.0346 e. The molecule has 2 aromatic carbocycles. The van der Waals surface area contributed by atoms with Crippen LogP contribution in [0.3, 0.4) is 0 Å². The summed E-state index contributed by atoms with van der Waals surface area (Å²) in [6, 6.07) is 21.7. The molecule has 1 heterocycles. The van der Waals surface area contributed by atoms with Crippen LogP contribution in [-0.2, 0) is 6.42 Å². The zero-order valence-corrected chi connectivity index (χ0v) is 13.0. The van der Waals surface area contributed by atoms with Crippen molar-refractivity contribution >= 4 is 0 Å². The van der Waals surface area contributed by atoms with Crippen molar-refractivity contribution in [3.05, 3.63) is 78.6 Å². The minimum Gasteiger partial charge on any atom is -0.264 e. The topological polar surface area (TPSA) is 12.9 Å². The average Bonchev–Trinajstić information content (AvgIpc) is 2.61. The molecule has 0 aliphatic rings. The monoisotopic (exact) mass is 287 g/mol. The van der Waals surface area contributed by atoms with Gasteiger partial charge in [-0.3, -0.25) is 4.98 Å². The molecule has 0 unspecified atom stereocenters. The summed E-state index contributed by atoms with van der Waals surface area (Å²) in [5, 5.41) is 0. The minimum atomic E-state index is 1.16. The first-order valence-electron chi connectivity index (χ1n) is 7.96. The third-order valence-electron chi connectivity index (χ3n) is 3.99. The average molecular weight is 287 g/mol. The maximum absolute atomic E-state index is 4.18. The van der Waals surface area contributed by atoms with E-state index >= 15 is 0 Å². The van der Waals surface area contributed by atoms with Gasteiger partial charge < -0.3 is 0 Å². The maximum atomic E-state index is 4.18. The van der Waals surface area contributed by atoms with Crippen LogP contribution in [0.5, 0.6) is 0 Å². The van der Waals surface area contributed by atoms with Gasteiger partial charge in [0.25, 0.3) is 0 Å². The summed E-state index contributed by atoms with van der Waals surface area (Å²) >= 11 is 0. The van der Waals surface area contributed by atoms with Gasteiger partial charge >= 0.3 is 0 Å². The Bertz CT molecular complexity index is 697. The van der Waals surface area contributed by atoms with Crippen molar-refractivity contribution in [1.29, 1.82) is 0 Å². The Hall–Kier alpha value is -2.41. The molecule has 1 heteroatoms. The van der Waals surface area contributed by atoms with Crippen LogP contribution in [0.2, 0.25) is 0 Å². The molecule has 1 nitrogen and oxygen atoms in total. The van der Waals surface area contributed by atoms with E-state index in [1.807, 2.05) is 12.3 Å². The predicted molar refractivity (Wildman–Crippen MR) is 93.7 cm³/mol. The normalized spacial score (nSPS) is 10.6. The van der Waals surface area contributed by atoms with Crippen LogP contribution < -0.4 is 0 Å². The van der Waals surface area contributed by atoms with Gasteiger partial charge in [-0.2, -0.15) is 0 Å². The van der Waals surface area contributed by atoms with E-state index in [1.165, 1.54) is 41.5 Å². The summed E-state index contributed by atoms with van der Waals surface area (Å²) in [6.45, 7) is 2.23. The fraction of sp³-hybridized carbons (Fsp3) is 0.190. The second-order valence-electron chi connectivity index (χ2n) is 5.62. The molecular weight excluding hydrogens is 266 g/mol. The first kappa shape index (κ1) is 14.5. The number of hydrogen-bond donors (Lipinski definition) is 0. The highest BCUT2D eigenvalue weighted by molar-refractivity contribution is 5.70. The fourth-order valence-corrected chi connectivity index (χ4v) is 2.63. The van der Waals surface area contributed by atoms with Gasteiger partial charge in [0, 0.05) is 12.4 Å². The molecule has 0 amide bonds. The molecule has 22 heavy (non-hydrogen) atoms. The predicted octanol–water partition coefficient (Wildman–Crippen LogP) is 5.76. The maximum Gasteiger partial charge on any atom is 0.0346 e. The zero-order valence-electron chi connectivity index (χ0n) is 13.0. The van der Waals surface area contributed by atoms with E-state index in [-0.39, 0.29) is 0 Å². The van der Waals surface area contributed by atoms with Crippen molar-refractivity contribution in [1.82, 2.24) is 4.98 Å². The molecule has 0 bridgehead atoms. The van der Waals surface area contributed by atoms with Gasteiger partial charge in [-0.1, -0.05) is 67.9 Å². The summed E-state index contributed by atoms with van der Waals surface area (Å²) in [4.78, 5) is 4.18. The van der Waals surface area contributed by atoms with Crippen LogP contribution in [0.1, 0.15) is 25.3 Å². The first-order valence-corrected chi connectivity index (χ1v) is 7.96. The summed E-state index contributed by atoms with van der Waals surface area (Å²) in [6.07, 6.45) is 7.39. The number of rotatable bonds is 5. The number of aromatic nitrogens is 1. The van der Waals surface area contributed by atoms with Crippen molar-refractivity contribution < 1.29 is 0 Å². The molecule has 3 rings (SSSR count). The van der Waals surface area contributed by atoms with E-state index in [1.54, 1.807) is 6.20 Å². The molecule has 0 spiro atoms. The van der Waals surface area contributed by atoms with Crippen LogP contribution in [0.15, 0.2) is 73.1 Å². The lowest BCUT2D eigenvalue weighted by Crippen LogP contribution is -1.85. The van der Waals surface area contributed by atoms with Gasteiger partial charge in [0.05, 0.1) is 0 Å². The van der Waals surface area contributed by atoms with E-state index in [9.17, 15) is 0 Å². The molecule has 0 aliphatic carbocycles. The summed E-state index contributed by atoms with van der Waals surface area (Å²) < 4.78 is 0. The van der Waals surface area contributed by atoms with Crippen LogP contribution in [0, 0.1) is 0 Å². The minimum absolute atomic E-state index is 1.16. The van der Waals surface area contributed by atoms with Crippen molar-refractivity contribution in [2.75, 3.05) is 0 Å². The van der Waals surface area contributed by atoms with Crippen LogP contribution >= 0.6 is 0 Å². The molecule has 110 valence electrons. The molecule has 0 fully saturated rings. The summed E-state index contributed by atoms with van der Waals surface area (Å²) in [5.41, 5.74) is 6.32. The van der Waals surface area contributed by atoms with E-state index in [0.29, 0.717) is 0 Å². The third-order valence-corrected chi connectivity index (χ3v) is 3.99. The lowest BCUT2D eigenvalue weighted by Gasteiger charge is -2.06. The zero-order chi connectivity index (χ0) is 15.2. The van der Waals surface area contributed by atoms with Crippen LogP contribution in [-0.4, -0.2) is 4.98 Å². The molecule has 3 aromatic rings. The van der Waals surface area contributed by atoms with Gasteiger partial charge in [-0.05, 0) is 46.7 Å². The number of hydrogen-bond acceptors (Lipinski definition) is 1. The number of benzene rings is 2. The Morgan fingerprint density at radius 1 is 0.727 bits per heavy atom. The van der Waals surface area contributed by atoms with E-state index in [4.69, 9.17) is 0 Å². The Morgan fingerprint density at radius 3 is 1.86 bits per heavy atom. The fourth-order valence-electron chi connectivity index (χ4n) is 2.63. The number of unbranched alkanes of at least 4 members (excludes halogenated alkanes) is 1. The van der Waals surface area contributed by atoms with Crippen LogP contribution in [0.4, 0.5) is 0 Å². The van der Waals surface area contributed by atoms with Crippen molar-refractivity contribution in [3.63, 3.8) is 0 Å². The standard InChI is InChI=1S/C21H21N/c1-2-3-5-17-7-9-18(10-8-17)19-11-13-20(14-12-19)21-6-4-15-22-16-21/h4,6-16H,2-3,5H2,1H3. The quantitative estimate of drug-likeness (QED) is 0.581. The van der Waals surface area contributed by atoms with Crippen LogP contribution in [0.25, 0.3) is 22.3 Å². The first-order chi connectivity index (χ1) is 10.9. The van der Waals surface area contributed by atoms with E-state index in [2.05, 4.69) is 66.5 Å². The lowest BCUT2D eigenvalue weighted by atomic mass is 9.99. The van der Waals surface area contributed by atoms with Gasteiger partial charge in [-0.25, -0.2) is 0 Å². The molecule has 0 N–H and O–H groups in total. The van der Waals surface area contributed by atoms with Gasteiger partial charge in [0.15, 0.2) is 0 Å². The molecule has 0 atom stereocenters. The lowest BCUT2D eigenvalue weighted by molar-refractivity contribution is 0.795. The largest absolute Gasteiger partial charge is 0.264 e. The van der Waals surface area contributed by atoms with Gasteiger partial charge in [0.1, 0.15) is 0 Å². The Labute approximate surface area is 132 Å². The Morgan fingerprint density at radius 2 is 1.32 bits per heavy atom. The summed E-state index contributed by atoms with van der Waals surface area (Å²) in [7, 11) is 0. The highest BCUT2D eigenvalue weighted by atomic mass is 14.6. The highest BCUT2D eigenvalue weighted by Gasteiger charge is 2.01. The second kappa shape index (κ2) is 7.04. The molecular formula is C21H21N. The molecule has 0 saturated carbocycles. The molecule has 0 saturated heterocycles. The highest BCUT2D eigenvalue weighted by Crippen LogP contribution is 2.24. The number of aryl methyl sites for hydroxylation is 1. The third kappa shape index (κ3) is 3.43. The SMILES string of the molecule is CCCCc1ccc(-c2ccc(-c3cccnc3)cc2)cc1. The molecule has 0 radical (unpaired) electrons. The number of pyridine rings is 1. The van der Waals surface area contributed by atoms with Crippen molar-refractivity contribution in [3.8, 4) is 22.3 Å². The summed E-state index contributed by atoms with van der Waals surface area (Å²) in [5.74, 6) is 0. The molecule has 1 aromatic heterocycles. The Kier molecular flexibility index (Phi) is 4.65. The Balaban J connectivity index is 1.78. The second-order valence-corrected chi connectivity index (χ2v) is 5.62. The number of nitrogens with zero attached hydrogens (tertiary/aromatic N) is 1.